The highest BCUT2D eigenvalue weighted by Crippen LogP contribution is 2.34. The highest BCUT2D eigenvalue weighted by atomic mass is 79.9. The van der Waals surface area contributed by atoms with E-state index in [0.29, 0.717) is 12.1 Å². The Labute approximate surface area is 104 Å². The minimum Gasteiger partial charge on any atom is -0.312 e. The molecular weight excluding hydrogens is 272 g/mol. The fourth-order valence-electron chi connectivity index (χ4n) is 2.28. The van der Waals surface area contributed by atoms with Crippen LogP contribution in [0.25, 0.3) is 0 Å². The summed E-state index contributed by atoms with van der Waals surface area (Å²) in [5.74, 6) is 0. The Hall–Kier alpha value is 0.1000. The van der Waals surface area contributed by atoms with Crippen molar-refractivity contribution in [2.75, 3.05) is 20.6 Å². The van der Waals surface area contributed by atoms with Crippen LogP contribution in [0.4, 0.5) is 0 Å². The largest absolute Gasteiger partial charge is 0.312 e. The summed E-state index contributed by atoms with van der Waals surface area (Å²) in [6.45, 7) is 1.17. The van der Waals surface area contributed by atoms with Gasteiger partial charge in [0.15, 0.2) is 0 Å². The fraction of sp³-hybridized carbons (Fsp3) is 0.636. The topological polar surface area (TPSA) is 15.3 Å². The quantitative estimate of drug-likeness (QED) is 0.920. The van der Waals surface area contributed by atoms with Crippen molar-refractivity contribution in [2.24, 2.45) is 0 Å². The lowest BCUT2D eigenvalue weighted by Crippen LogP contribution is -2.36. The maximum atomic E-state index is 3.60. The number of likely N-dealkylation sites (N-methyl/N-ethyl adjacent to an activating group) is 1. The molecule has 1 N–H and O–H groups in total. The highest BCUT2D eigenvalue weighted by Gasteiger charge is 2.28. The van der Waals surface area contributed by atoms with Crippen LogP contribution in [0.3, 0.4) is 0 Å². The van der Waals surface area contributed by atoms with Gasteiger partial charge in [-0.15, -0.1) is 11.3 Å². The van der Waals surface area contributed by atoms with Gasteiger partial charge in [-0.2, -0.15) is 0 Å². The van der Waals surface area contributed by atoms with Crippen LogP contribution in [0.1, 0.15) is 23.8 Å². The summed E-state index contributed by atoms with van der Waals surface area (Å²) in [7, 11) is 4.33. The third kappa shape index (κ3) is 2.61. The lowest BCUT2D eigenvalue weighted by atomic mass is 10.0. The van der Waals surface area contributed by atoms with Crippen LogP contribution in [-0.4, -0.2) is 31.6 Å². The standard InChI is InChI=1S/C11H17BrN2S/c1-14(2)11(8-4-3-7-13-8)9-5-6-10(12)15-9/h5-6,8,11,13H,3-4,7H2,1-2H3. The molecule has 1 aliphatic heterocycles. The van der Waals surface area contributed by atoms with E-state index < -0.39 is 0 Å². The maximum Gasteiger partial charge on any atom is 0.0702 e. The van der Waals surface area contributed by atoms with E-state index >= 15 is 0 Å². The molecule has 15 heavy (non-hydrogen) atoms. The second-order valence-electron chi connectivity index (χ2n) is 4.25. The summed E-state index contributed by atoms with van der Waals surface area (Å²) in [5, 5.41) is 3.60. The van der Waals surface area contributed by atoms with Crippen LogP contribution < -0.4 is 5.32 Å². The molecule has 84 valence electrons. The van der Waals surface area contributed by atoms with E-state index in [2.05, 4.69) is 52.4 Å². The molecule has 2 unspecified atom stereocenters. The van der Waals surface area contributed by atoms with Crippen molar-refractivity contribution in [2.45, 2.75) is 24.9 Å². The Kier molecular flexibility index (Phi) is 3.83. The average Bonchev–Trinajstić information content (AvgIpc) is 2.77. The van der Waals surface area contributed by atoms with Crippen molar-refractivity contribution in [3.8, 4) is 0 Å². The zero-order chi connectivity index (χ0) is 10.8. The van der Waals surface area contributed by atoms with E-state index in [0.717, 1.165) is 0 Å². The molecule has 2 atom stereocenters. The van der Waals surface area contributed by atoms with Crippen molar-refractivity contribution in [1.82, 2.24) is 10.2 Å². The zero-order valence-corrected chi connectivity index (χ0v) is 11.6. The van der Waals surface area contributed by atoms with Gasteiger partial charge in [0.05, 0.1) is 9.83 Å². The molecule has 0 aromatic carbocycles. The minimum absolute atomic E-state index is 0.517. The normalized spacial score (nSPS) is 23.6. The number of thiophene rings is 1. The fourth-order valence-corrected chi connectivity index (χ4v) is 3.97. The Bertz CT molecular complexity index is 318. The van der Waals surface area contributed by atoms with E-state index in [1.165, 1.54) is 28.0 Å². The monoisotopic (exact) mass is 288 g/mol. The zero-order valence-electron chi connectivity index (χ0n) is 9.16. The molecule has 1 fully saturated rings. The number of halogens is 1. The Balaban J connectivity index is 2.18. The van der Waals surface area contributed by atoms with Crippen LogP contribution in [0.5, 0.6) is 0 Å². The van der Waals surface area contributed by atoms with Gasteiger partial charge < -0.3 is 10.2 Å². The number of hydrogen-bond acceptors (Lipinski definition) is 3. The summed E-state index contributed by atoms with van der Waals surface area (Å²) in [6.07, 6.45) is 2.60. The molecule has 1 aliphatic rings. The molecule has 2 rings (SSSR count). The van der Waals surface area contributed by atoms with Gasteiger partial charge in [-0.05, 0) is 61.5 Å². The third-order valence-corrected chi connectivity index (χ3v) is 4.62. The summed E-state index contributed by atoms with van der Waals surface area (Å²) in [5.41, 5.74) is 0. The van der Waals surface area contributed by atoms with Crippen molar-refractivity contribution in [3.63, 3.8) is 0 Å². The Morgan fingerprint density at radius 1 is 1.53 bits per heavy atom. The summed E-state index contributed by atoms with van der Waals surface area (Å²) in [6, 6.07) is 5.51. The van der Waals surface area contributed by atoms with Crippen molar-refractivity contribution in [1.29, 1.82) is 0 Å². The predicted molar refractivity (Wildman–Crippen MR) is 69.5 cm³/mol. The molecule has 0 aliphatic carbocycles. The molecule has 0 radical (unpaired) electrons. The molecule has 0 saturated carbocycles. The molecule has 4 heteroatoms. The van der Waals surface area contributed by atoms with Gasteiger partial charge in [-0.1, -0.05) is 0 Å². The Morgan fingerprint density at radius 3 is 2.80 bits per heavy atom. The first kappa shape index (κ1) is 11.6. The molecule has 0 amide bonds. The van der Waals surface area contributed by atoms with E-state index in [-0.39, 0.29) is 0 Å². The second kappa shape index (κ2) is 4.95. The lowest BCUT2D eigenvalue weighted by Gasteiger charge is -2.29. The first-order valence-corrected chi connectivity index (χ1v) is 6.94. The molecule has 2 heterocycles. The Morgan fingerprint density at radius 2 is 2.33 bits per heavy atom. The summed E-state index contributed by atoms with van der Waals surface area (Å²) >= 11 is 5.38. The number of nitrogens with one attached hydrogen (secondary N) is 1. The van der Waals surface area contributed by atoms with Crippen molar-refractivity contribution < 1.29 is 0 Å². The van der Waals surface area contributed by atoms with Crippen LogP contribution >= 0.6 is 27.3 Å². The van der Waals surface area contributed by atoms with Gasteiger partial charge in [0.2, 0.25) is 0 Å². The van der Waals surface area contributed by atoms with E-state index in [4.69, 9.17) is 0 Å². The number of rotatable bonds is 3. The smallest absolute Gasteiger partial charge is 0.0702 e. The molecular formula is C11H17BrN2S. The molecule has 2 nitrogen and oxygen atoms in total. The molecule has 0 bridgehead atoms. The molecule has 1 aromatic heterocycles. The number of nitrogens with zero attached hydrogens (tertiary/aromatic N) is 1. The molecule has 1 aromatic rings. The predicted octanol–water partition coefficient (Wildman–Crippen LogP) is 2.87. The van der Waals surface area contributed by atoms with E-state index in [1.54, 1.807) is 0 Å². The van der Waals surface area contributed by atoms with Gasteiger partial charge in [0.25, 0.3) is 0 Å². The van der Waals surface area contributed by atoms with Crippen LogP contribution in [-0.2, 0) is 0 Å². The van der Waals surface area contributed by atoms with Gasteiger partial charge in [-0.25, -0.2) is 0 Å². The number of hydrogen-bond donors (Lipinski definition) is 1. The molecule has 0 spiro atoms. The first-order chi connectivity index (χ1) is 7.18. The summed E-state index contributed by atoms with van der Waals surface area (Å²) in [4.78, 5) is 3.77. The van der Waals surface area contributed by atoms with Crippen LogP contribution in [0, 0.1) is 0 Å². The van der Waals surface area contributed by atoms with Gasteiger partial charge in [-0.3, -0.25) is 0 Å². The molecule has 1 saturated heterocycles. The lowest BCUT2D eigenvalue weighted by molar-refractivity contribution is 0.248. The van der Waals surface area contributed by atoms with E-state index in [9.17, 15) is 0 Å². The SMILES string of the molecule is CN(C)C(c1ccc(Br)s1)C1CCCN1. The maximum absolute atomic E-state index is 3.60. The van der Waals surface area contributed by atoms with Crippen LogP contribution in [0.15, 0.2) is 15.9 Å². The van der Waals surface area contributed by atoms with E-state index in [1.807, 2.05) is 11.3 Å². The van der Waals surface area contributed by atoms with Gasteiger partial charge in [0.1, 0.15) is 0 Å². The highest BCUT2D eigenvalue weighted by molar-refractivity contribution is 9.11. The van der Waals surface area contributed by atoms with Crippen molar-refractivity contribution >= 4 is 27.3 Å². The van der Waals surface area contributed by atoms with Crippen LogP contribution in [0.2, 0.25) is 0 Å². The van der Waals surface area contributed by atoms with Crippen molar-refractivity contribution in [3.05, 3.63) is 20.8 Å². The average molecular weight is 289 g/mol. The van der Waals surface area contributed by atoms with Gasteiger partial charge in [0, 0.05) is 10.9 Å². The minimum atomic E-state index is 0.517. The second-order valence-corrected chi connectivity index (χ2v) is 6.75. The van der Waals surface area contributed by atoms with Gasteiger partial charge >= 0.3 is 0 Å². The summed E-state index contributed by atoms with van der Waals surface area (Å²) < 4.78 is 1.22. The third-order valence-electron chi connectivity index (χ3n) is 2.92. The first-order valence-electron chi connectivity index (χ1n) is 5.33.